The number of halogens is 2. The first kappa shape index (κ1) is 11.8. The number of benzene rings is 1. The van der Waals surface area contributed by atoms with Crippen molar-refractivity contribution in [1.82, 2.24) is 15.0 Å². The molecule has 3 aromatic heterocycles. The molecule has 0 saturated heterocycles. The number of H-pyrrole nitrogens is 1. The molecule has 4 nitrogen and oxygen atoms in total. The van der Waals surface area contributed by atoms with Gasteiger partial charge in [-0.2, -0.15) is 0 Å². The summed E-state index contributed by atoms with van der Waals surface area (Å²) in [7, 11) is 0. The smallest absolute Gasteiger partial charge is 0.179 e. The molecule has 1 N–H and O–H groups in total. The molecule has 0 aliphatic rings. The molecule has 98 valence electrons. The van der Waals surface area contributed by atoms with Gasteiger partial charge in [0.05, 0.1) is 16.1 Å². The first-order valence-corrected chi connectivity index (χ1v) is 6.66. The number of fused-ring (bicyclic) bond motifs is 2. The van der Waals surface area contributed by atoms with Gasteiger partial charge in [0.25, 0.3) is 0 Å². The number of nitrogens with one attached hydrogen (secondary N) is 1. The predicted octanol–water partition coefficient (Wildman–Crippen LogP) is 4.68. The number of hydrogen-bond donors (Lipinski definition) is 1. The number of aromatic nitrogens is 3. The van der Waals surface area contributed by atoms with Crippen molar-refractivity contribution < 1.29 is 4.42 Å². The van der Waals surface area contributed by atoms with Gasteiger partial charge in [0.15, 0.2) is 5.65 Å². The van der Waals surface area contributed by atoms with Gasteiger partial charge < -0.3 is 9.40 Å². The van der Waals surface area contributed by atoms with E-state index in [1.807, 2.05) is 24.3 Å². The third kappa shape index (κ3) is 1.69. The van der Waals surface area contributed by atoms with Gasteiger partial charge in [-0.25, -0.2) is 9.97 Å². The van der Waals surface area contributed by atoms with E-state index in [1.54, 1.807) is 12.3 Å². The summed E-state index contributed by atoms with van der Waals surface area (Å²) >= 11 is 11.9. The monoisotopic (exact) mass is 303 g/mol. The van der Waals surface area contributed by atoms with E-state index in [0.717, 1.165) is 22.0 Å². The summed E-state index contributed by atoms with van der Waals surface area (Å²) < 4.78 is 5.51. The fourth-order valence-corrected chi connectivity index (χ4v) is 2.47. The van der Waals surface area contributed by atoms with Gasteiger partial charge in [0, 0.05) is 5.39 Å². The highest BCUT2D eigenvalue weighted by Gasteiger charge is 2.13. The molecule has 0 atom stereocenters. The molecule has 0 amide bonds. The van der Waals surface area contributed by atoms with Crippen molar-refractivity contribution in [3.05, 3.63) is 46.8 Å². The minimum absolute atomic E-state index is 0.245. The van der Waals surface area contributed by atoms with Crippen molar-refractivity contribution in [1.29, 1.82) is 0 Å². The van der Waals surface area contributed by atoms with E-state index >= 15 is 0 Å². The van der Waals surface area contributed by atoms with Crippen LogP contribution in [0.25, 0.3) is 33.5 Å². The zero-order valence-corrected chi connectivity index (χ0v) is 11.5. The standard InChI is InChI=1S/C14H7Cl2N3O/c15-9-5-10-14(18-12(9)16)19-13(17-10)8-6-20-11-4-2-1-3-7(8)11/h1-6H,(H,17,18,19). The molecule has 3 heterocycles. The summed E-state index contributed by atoms with van der Waals surface area (Å²) in [5.74, 6) is 0.677. The van der Waals surface area contributed by atoms with Gasteiger partial charge in [-0.15, -0.1) is 0 Å². The van der Waals surface area contributed by atoms with Crippen molar-refractivity contribution in [3.63, 3.8) is 0 Å². The second-order valence-corrected chi connectivity index (χ2v) is 5.13. The summed E-state index contributed by atoms with van der Waals surface area (Å²) in [5, 5.41) is 1.63. The van der Waals surface area contributed by atoms with Gasteiger partial charge in [0.2, 0.25) is 0 Å². The van der Waals surface area contributed by atoms with Gasteiger partial charge in [-0.1, -0.05) is 41.4 Å². The topological polar surface area (TPSA) is 54.7 Å². The molecular formula is C14H7Cl2N3O. The lowest BCUT2D eigenvalue weighted by Crippen LogP contribution is -1.79. The number of pyridine rings is 1. The molecule has 6 heteroatoms. The first-order valence-electron chi connectivity index (χ1n) is 5.91. The Kier molecular flexibility index (Phi) is 2.49. The number of furan rings is 1. The largest absolute Gasteiger partial charge is 0.464 e. The third-order valence-corrected chi connectivity index (χ3v) is 3.79. The molecule has 20 heavy (non-hydrogen) atoms. The van der Waals surface area contributed by atoms with Gasteiger partial charge >= 0.3 is 0 Å². The molecule has 0 unspecified atom stereocenters. The summed E-state index contributed by atoms with van der Waals surface area (Å²) in [6.45, 7) is 0. The SMILES string of the molecule is Clc1cc2[nH]c(-c3coc4ccccc34)nc2nc1Cl. The van der Waals surface area contributed by atoms with Crippen molar-refractivity contribution in [2.24, 2.45) is 0 Å². The van der Waals surface area contributed by atoms with Crippen LogP contribution in [-0.2, 0) is 0 Å². The van der Waals surface area contributed by atoms with Crippen molar-refractivity contribution in [2.45, 2.75) is 0 Å². The number of aromatic amines is 1. The van der Waals surface area contributed by atoms with E-state index in [9.17, 15) is 0 Å². The minimum atomic E-state index is 0.245. The number of rotatable bonds is 1. The summed E-state index contributed by atoms with van der Waals surface area (Å²) in [4.78, 5) is 11.8. The highest BCUT2D eigenvalue weighted by Crippen LogP contribution is 2.31. The number of nitrogens with zero attached hydrogens (tertiary/aromatic N) is 2. The van der Waals surface area contributed by atoms with Crippen LogP contribution in [0.2, 0.25) is 10.2 Å². The zero-order valence-electron chi connectivity index (χ0n) is 10.0. The Labute approximate surface area is 123 Å². The predicted molar refractivity (Wildman–Crippen MR) is 79.1 cm³/mol. The molecular weight excluding hydrogens is 297 g/mol. The molecule has 0 bridgehead atoms. The Morgan fingerprint density at radius 2 is 1.95 bits per heavy atom. The molecule has 0 fully saturated rings. The Balaban J connectivity index is 1.98. The van der Waals surface area contributed by atoms with Crippen LogP contribution in [-0.4, -0.2) is 15.0 Å². The Bertz CT molecular complexity index is 903. The lowest BCUT2D eigenvalue weighted by Gasteiger charge is -1.92. The fourth-order valence-electron chi connectivity index (χ4n) is 2.18. The first-order chi connectivity index (χ1) is 9.72. The zero-order chi connectivity index (χ0) is 13.7. The van der Waals surface area contributed by atoms with Gasteiger partial charge in [0.1, 0.15) is 22.8 Å². The van der Waals surface area contributed by atoms with E-state index in [4.69, 9.17) is 27.6 Å². The Hall–Kier alpha value is -2.04. The van der Waals surface area contributed by atoms with E-state index in [2.05, 4.69) is 15.0 Å². The molecule has 4 aromatic rings. The van der Waals surface area contributed by atoms with Crippen LogP contribution in [0.1, 0.15) is 0 Å². The molecule has 0 aliphatic carbocycles. The normalized spacial score (nSPS) is 11.5. The minimum Gasteiger partial charge on any atom is -0.464 e. The second kappa shape index (κ2) is 4.23. The molecule has 1 aromatic carbocycles. The molecule has 0 aliphatic heterocycles. The van der Waals surface area contributed by atoms with Crippen LogP contribution in [0.3, 0.4) is 0 Å². The van der Waals surface area contributed by atoms with Crippen molar-refractivity contribution in [2.75, 3.05) is 0 Å². The van der Waals surface area contributed by atoms with Gasteiger partial charge in [-0.3, -0.25) is 0 Å². The second-order valence-electron chi connectivity index (χ2n) is 4.36. The van der Waals surface area contributed by atoms with Crippen LogP contribution in [0.4, 0.5) is 0 Å². The maximum Gasteiger partial charge on any atom is 0.179 e. The van der Waals surface area contributed by atoms with E-state index in [1.165, 1.54) is 0 Å². The fraction of sp³-hybridized carbons (Fsp3) is 0. The quantitative estimate of drug-likeness (QED) is 0.519. The van der Waals surface area contributed by atoms with E-state index in [0.29, 0.717) is 16.5 Å². The van der Waals surface area contributed by atoms with Crippen LogP contribution in [0.15, 0.2) is 41.0 Å². The highest BCUT2D eigenvalue weighted by atomic mass is 35.5. The summed E-state index contributed by atoms with van der Waals surface area (Å²) in [6.07, 6.45) is 1.67. The maximum absolute atomic E-state index is 5.96. The van der Waals surface area contributed by atoms with Crippen molar-refractivity contribution >= 4 is 45.3 Å². The van der Waals surface area contributed by atoms with Crippen LogP contribution in [0, 0.1) is 0 Å². The Morgan fingerprint density at radius 1 is 1.10 bits per heavy atom. The van der Waals surface area contributed by atoms with Crippen LogP contribution >= 0.6 is 23.2 Å². The number of para-hydroxylation sites is 1. The number of hydrogen-bond acceptors (Lipinski definition) is 3. The average Bonchev–Trinajstić information content (AvgIpc) is 3.02. The summed E-state index contributed by atoms with van der Waals surface area (Å²) in [5.41, 5.74) is 2.96. The van der Waals surface area contributed by atoms with Crippen LogP contribution in [0.5, 0.6) is 0 Å². The number of imidazole rings is 1. The highest BCUT2D eigenvalue weighted by molar-refractivity contribution is 6.41. The lowest BCUT2D eigenvalue weighted by molar-refractivity contribution is 0.616. The average molecular weight is 304 g/mol. The lowest BCUT2D eigenvalue weighted by atomic mass is 10.2. The molecule has 0 radical (unpaired) electrons. The maximum atomic E-state index is 5.96. The molecule has 4 rings (SSSR count). The van der Waals surface area contributed by atoms with E-state index in [-0.39, 0.29) is 5.15 Å². The Morgan fingerprint density at radius 3 is 2.85 bits per heavy atom. The summed E-state index contributed by atoms with van der Waals surface area (Å²) in [6, 6.07) is 9.48. The van der Waals surface area contributed by atoms with Gasteiger partial charge in [-0.05, 0) is 12.1 Å². The molecule has 0 saturated carbocycles. The van der Waals surface area contributed by atoms with E-state index < -0.39 is 0 Å². The van der Waals surface area contributed by atoms with Crippen LogP contribution < -0.4 is 0 Å². The van der Waals surface area contributed by atoms with Crippen molar-refractivity contribution in [3.8, 4) is 11.4 Å². The third-order valence-electron chi connectivity index (χ3n) is 3.12. The molecule has 0 spiro atoms.